The number of nitrogens with zero attached hydrogens (tertiary/aromatic N) is 1. The number of nitrogens with one attached hydrogen (secondary N) is 1. The molecule has 1 heterocycles. The summed E-state index contributed by atoms with van der Waals surface area (Å²) < 4.78 is 4.62. The molecule has 2 amide bonds. The summed E-state index contributed by atoms with van der Waals surface area (Å²) in [6.07, 6.45) is -2.33. The molecule has 4 N–H and O–H groups in total. The highest BCUT2D eigenvalue weighted by molar-refractivity contribution is 14.1. The van der Waals surface area contributed by atoms with Gasteiger partial charge in [-0.2, -0.15) is 0 Å². The van der Waals surface area contributed by atoms with Crippen molar-refractivity contribution in [1.82, 2.24) is 10.2 Å². The number of alkyl halides is 2. The molecule has 1 aliphatic rings. The Morgan fingerprint density at radius 1 is 1.64 bits per heavy atom. The summed E-state index contributed by atoms with van der Waals surface area (Å²) in [5, 5.41) is 31.1. The zero-order valence-electron chi connectivity index (χ0n) is 11.7. The number of hydrogen-bond donors (Lipinski definition) is 4. The van der Waals surface area contributed by atoms with E-state index >= 15 is 0 Å². The van der Waals surface area contributed by atoms with Crippen LogP contribution in [0.25, 0.3) is 0 Å². The van der Waals surface area contributed by atoms with Gasteiger partial charge in [-0.05, 0) is 0 Å². The molecule has 8 nitrogen and oxygen atoms in total. The molecule has 1 fully saturated rings. The van der Waals surface area contributed by atoms with Gasteiger partial charge in [-0.25, -0.2) is 4.79 Å². The topological polar surface area (TPSA) is 119 Å². The molecule has 0 saturated carbocycles. The average Bonchev–Trinajstić information content (AvgIpc) is 2.87. The molecule has 0 aliphatic carbocycles. The first kappa shape index (κ1) is 19.6. The van der Waals surface area contributed by atoms with E-state index in [1.807, 2.05) is 0 Å². The summed E-state index contributed by atoms with van der Waals surface area (Å²) in [5.41, 5.74) is -0.108. The number of carbonyl (C=O) groups is 2. The van der Waals surface area contributed by atoms with Crippen molar-refractivity contribution in [2.45, 2.75) is 34.3 Å². The Hall–Kier alpha value is -0.460. The second-order valence-corrected chi connectivity index (χ2v) is 7.15. The van der Waals surface area contributed by atoms with Gasteiger partial charge in [0.05, 0.1) is 12.7 Å². The molecule has 22 heavy (non-hydrogen) atoms. The summed E-state index contributed by atoms with van der Waals surface area (Å²) >= 11 is 7.47. The predicted molar refractivity (Wildman–Crippen MR) is 86.5 cm³/mol. The van der Waals surface area contributed by atoms with Crippen LogP contribution in [-0.4, -0.2) is 74.1 Å². The van der Waals surface area contributed by atoms with Crippen LogP contribution >= 0.6 is 34.2 Å². The molecule has 10 heteroatoms. The highest BCUT2D eigenvalue weighted by Crippen LogP contribution is 2.25. The summed E-state index contributed by atoms with van der Waals surface area (Å²) in [6.45, 7) is -0.399. The fraction of sp³-hybridized carbons (Fsp3) is 0.667. The van der Waals surface area contributed by atoms with Gasteiger partial charge in [-0.1, -0.05) is 22.6 Å². The summed E-state index contributed by atoms with van der Waals surface area (Å²) in [7, 11) is 1.39. The van der Waals surface area contributed by atoms with Crippen LogP contribution in [0.3, 0.4) is 0 Å². The fourth-order valence-electron chi connectivity index (χ4n) is 1.93. The number of rotatable bonds is 6. The zero-order valence-corrected chi connectivity index (χ0v) is 14.6. The molecule has 1 aliphatic heterocycles. The van der Waals surface area contributed by atoms with Crippen molar-refractivity contribution in [3.63, 3.8) is 0 Å². The number of carbonyl (C=O) groups excluding carboxylic acids is 2. The number of amides is 2. The Morgan fingerprint density at radius 3 is 2.68 bits per heavy atom. The van der Waals surface area contributed by atoms with Crippen LogP contribution in [0.15, 0.2) is 11.8 Å². The second-order valence-electron chi connectivity index (χ2n) is 4.60. The first-order chi connectivity index (χ1) is 10.3. The third-order valence-corrected chi connectivity index (χ3v) is 4.07. The van der Waals surface area contributed by atoms with Crippen LogP contribution in [0, 0.1) is 0 Å². The molecule has 0 radical (unpaired) electrons. The minimum absolute atomic E-state index is 0.0614. The molecule has 5 atom stereocenters. The van der Waals surface area contributed by atoms with Crippen molar-refractivity contribution < 1.29 is 29.6 Å². The molecular weight excluding hydrogens is 430 g/mol. The van der Waals surface area contributed by atoms with Crippen LogP contribution in [0.4, 0.5) is 4.79 Å². The third kappa shape index (κ3) is 4.77. The van der Waals surface area contributed by atoms with E-state index in [0.717, 1.165) is 11.1 Å². The van der Waals surface area contributed by atoms with Gasteiger partial charge >= 0.3 is 6.03 Å². The van der Waals surface area contributed by atoms with Gasteiger partial charge in [-0.15, -0.1) is 11.6 Å². The average molecular weight is 449 g/mol. The van der Waals surface area contributed by atoms with E-state index < -0.39 is 40.6 Å². The second kappa shape index (κ2) is 8.99. The molecule has 2 unspecified atom stereocenters. The predicted octanol–water partition coefficient (Wildman–Crippen LogP) is -0.460. The molecule has 0 spiro atoms. The van der Waals surface area contributed by atoms with E-state index in [0.29, 0.717) is 6.29 Å². The lowest BCUT2D eigenvalue weighted by Gasteiger charge is -2.26. The number of aldehydes is 1. The van der Waals surface area contributed by atoms with Gasteiger partial charge in [0.15, 0.2) is 0 Å². The summed E-state index contributed by atoms with van der Waals surface area (Å²) in [5.74, 6) is 0. The maximum Gasteiger partial charge on any atom is 0.323 e. The van der Waals surface area contributed by atoms with Crippen LogP contribution in [0.5, 0.6) is 0 Å². The van der Waals surface area contributed by atoms with E-state index in [1.54, 1.807) is 22.6 Å². The van der Waals surface area contributed by atoms with Gasteiger partial charge in [0.2, 0.25) is 0 Å². The molecule has 1 rings (SSSR count). The SMILES string of the molecule is CNC(=O)N(/C=C(\C=O)C(O)C(Cl)I)[C@H]1C[C@H](O)[C@@H](CO)O1. The first-order valence-electron chi connectivity index (χ1n) is 6.43. The maximum absolute atomic E-state index is 12.0. The maximum atomic E-state index is 12.0. The van der Waals surface area contributed by atoms with E-state index in [-0.39, 0.29) is 12.0 Å². The zero-order chi connectivity index (χ0) is 16.9. The number of urea groups is 1. The smallest absolute Gasteiger partial charge is 0.323 e. The number of aliphatic hydroxyl groups excluding tert-OH is 3. The Kier molecular flexibility index (Phi) is 8.00. The Morgan fingerprint density at radius 2 is 2.27 bits per heavy atom. The van der Waals surface area contributed by atoms with Crippen molar-refractivity contribution >= 4 is 46.5 Å². The molecule has 0 aromatic rings. The van der Waals surface area contributed by atoms with Gasteiger partial charge in [0.25, 0.3) is 0 Å². The minimum atomic E-state index is -1.27. The van der Waals surface area contributed by atoms with E-state index in [1.165, 1.54) is 7.05 Å². The third-order valence-electron chi connectivity index (χ3n) is 3.15. The summed E-state index contributed by atoms with van der Waals surface area (Å²) in [4.78, 5) is 24.1. The van der Waals surface area contributed by atoms with Crippen molar-refractivity contribution in [1.29, 1.82) is 0 Å². The first-order valence-corrected chi connectivity index (χ1v) is 8.11. The quantitative estimate of drug-likeness (QED) is 0.189. The van der Waals surface area contributed by atoms with Crippen LogP contribution < -0.4 is 5.32 Å². The molecule has 0 aromatic carbocycles. The highest BCUT2D eigenvalue weighted by atomic mass is 127. The fourth-order valence-corrected chi connectivity index (χ4v) is 2.50. The Labute approximate surface area is 146 Å². The van der Waals surface area contributed by atoms with Crippen molar-refractivity contribution in [2.75, 3.05) is 13.7 Å². The number of aliphatic hydroxyl groups is 3. The molecule has 126 valence electrons. The van der Waals surface area contributed by atoms with Crippen molar-refractivity contribution in [3.05, 3.63) is 11.8 Å². The van der Waals surface area contributed by atoms with Crippen LogP contribution in [0.2, 0.25) is 0 Å². The molecule has 0 bridgehead atoms. The largest absolute Gasteiger partial charge is 0.394 e. The minimum Gasteiger partial charge on any atom is -0.394 e. The Balaban J connectivity index is 3.03. The lowest BCUT2D eigenvalue weighted by molar-refractivity contribution is -0.105. The number of ether oxygens (including phenoxy) is 1. The summed E-state index contributed by atoms with van der Waals surface area (Å²) in [6, 6.07) is -0.595. The van der Waals surface area contributed by atoms with Crippen LogP contribution in [0.1, 0.15) is 6.42 Å². The van der Waals surface area contributed by atoms with Gasteiger partial charge in [-0.3, -0.25) is 9.69 Å². The van der Waals surface area contributed by atoms with E-state index in [4.69, 9.17) is 21.4 Å². The van der Waals surface area contributed by atoms with E-state index in [9.17, 15) is 19.8 Å². The van der Waals surface area contributed by atoms with Crippen molar-refractivity contribution in [2.24, 2.45) is 0 Å². The van der Waals surface area contributed by atoms with E-state index in [2.05, 4.69) is 5.32 Å². The normalized spacial score (nSPS) is 28.1. The Bertz CT molecular complexity index is 436. The standard InChI is InChI=1S/C12H18ClIN2O6/c1-15-12(21)16(3-6(4-17)10(20)11(13)14)9-2-7(19)8(5-18)22-9/h3-4,7-11,18-20H,2,5H2,1H3,(H,15,21)/b6-3+/t7-,8+,9+,10?,11?/m0/s1. The highest BCUT2D eigenvalue weighted by Gasteiger charge is 2.38. The number of hydrogen-bond acceptors (Lipinski definition) is 6. The lowest BCUT2D eigenvalue weighted by Crippen LogP contribution is -2.42. The van der Waals surface area contributed by atoms with Gasteiger partial charge in [0, 0.05) is 25.2 Å². The number of halogens is 2. The lowest BCUT2D eigenvalue weighted by atomic mass is 10.1. The van der Waals surface area contributed by atoms with Crippen LogP contribution in [-0.2, 0) is 9.53 Å². The van der Waals surface area contributed by atoms with Gasteiger partial charge < -0.3 is 25.4 Å². The molecular formula is C12H18ClIN2O6. The molecule has 0 aromatic heterocycles. The monoisotopic (exact) mass is 448 g/mol. The molecule has 1 saturated heterocycles. The van der Waals surface area contributed by atoms with Crippen molar-refractivity contribution in [3.8, 4) is 0 Å². The van der Waals surface area contributed by atoms with Gasteiger partial charge in [0.1, 0.15) is 28.1 Å².